The number of hydrogen-bond donors (Lipinski definition) is 1. The molecule has 0 fully saturated rings. The molecule has 3 aromatic heterocycles. The van der Waals surface area contributed by atoms with Gasteiger partial charge < -0.3 is 9.51 Å². The number of imidazole rings is 1. The minimum absolute atomic E-state index is 0.560. The molecule has 18 heavy (non-hydrogen) atoms. The predicted octanol–water partition coefficient (Wildman–Crippen LogP) is 3.43. The van der Waals surface area contributed by atoms with E-state index in [-0.39, 0.29) is 0 Å². The highest BCUT2D eigenvalue weighted by molar-refractivity contribution is 9.11. The number of hydrogen-bond acceptors (Lipinski definition) is 3. The van der Waals surface area contributed by atoms with Gasteiger partial charge in [0.25, 0.3) is 0 Å². The van der Waals surface area contributed by atoms with E-state index in [1.54, 1.807) is 11.3 Å². The summed E-state index contributed by atoms with van der Waals surface area (Å²) in [5, 5.41) is 10.2. The predicted molar refractivity (Wildman–Crippen MR) is 75.9 cm³/mol. The number of halogens is 1. The first-order valence-electron chi connectivity index (χ1n) is 5.58. The van der Waals surface area contributed by atoms with Crippen molar-refractivity contribution in [2.24, 2.45) is 0 Å². The molecule has 0 radical (unpaired) electrons. The van der Waals surface area contributed by atoms with Crippen molar-refractivity contribution in [2.75, 3.05) is 0 Å². The van der Waals surface area contributed by atoms with Gasteiger partial charge >= 0.3 is 0 Å². The zero-order valence-corrected chi connectivity index (χ0v) is 11.9. The van der Waals surface area contributed by atoms with Crippen LogP contribution in [0.4, 0.5) is 0 Å². The molecule has 92 valence electrons. The molecular formula is C13H11BrN2OS. The molecule has 0 saturated heterocycles. The number of aliphatic hydroxyl groups excluding tert-OH is 1. The average molecular weight is 323 g/mol. The molecule has 3 aromatic rings. The van der Waals surface area contributed by atoms with Gasteiger partial charge in [0.1, 0.15) is 11.8 Å². The van der Waals surface area contributed by atoms with Crippen molar-refractivity contribution < 1.29 is 5.11 Å². The molecule has 1 unspecified atom stereocenters. The summed E-state index contributed by atoms with van der Waals surface area (Å²) in [4.78, 5) is 5.57. The normalized spacial score (nSPS) is 13.0. The monoisotopic (exact) mass is 322 g/mol. The van der Waals surface area contributed by atoms with Gasteiger partial charge in [0.05, 0.1) is 9.48 Å². The van der Waals surface area contributed by atoms with Crippen LogP contribution in [0.3, 0.4) is 0 Å². The molecule has 1 atom stereocenters. The zero-order chi connectivity index (χ0) is 12.5. The Morgan fingerprint density at radius 1 is 1.33 bits per heavy atom. The Morgan fingerprint density at radius 3 is 2.94 bits per heavy atom. The van der Waals surface area contributed by atoms with Crippen molar-refractivity contribution in [2.45, 2.75) is 12.5 Å². The summed E-state index contributed by atoms with van der Waals surface area (Å²) in [5.74, 6) is 0. The van der Waals surface area contributed by atoms with Gasteiger partial charge in [0.15, 0.2) is 0 Å². The fourth-order valence-corrected chi connectivity index (χ4v) is 3.39. The lowest BCUT2D eigenvalue weighted by atomic mass is 10.2. The number of fused-ring (bicyclic) bond motifs is 1. The molecule has 0 amide bonds. The third kappa shape index (κ3) is 2.34. The van der Waals surface area contributed by atoms with Crippen LogP contribution in [0.5, 0.6) is 0 Å². The first kappa shape index (κ1) is 11.9. The van der Waals surface area contributed by atoms with Gasteiger partial charge in [-0.15, -0.1) is 11.3 Å². The first-order valence-corrected chi connectivity index (χ1v) is 7.19. The Bertz CT molecular complexity index is 643. The molecule has 0 aliphatic heterocycles. The molecule has 0 saturated carbocycles. The lowest BCUT2D eigenvalue weighted by molar-refractivity contribution is 0.175. The maximum absolute atomic E-state index is 10.2. The zero-order valence-electron chi connectivity index (χ0n) is 9.45. The van der Waals surface area contributed by atoms with Gasteiger partial charge in [-0.2, -0.15) is 0 Å². The van der Waals surface area contributed by atoms with Crippen LogP contribution in [0.25, 0.3) is 5.65 Å². The Hall–Kier alpha value is -1.17. The van der Waals surface area contributed by atoms with E-state index in [1.807, 2.05) is 47.1 Å². The van der Waals surface area contributed by atoms with E-state index in [9.17, 15) is 5.11 Å². The first-order chi connectivity index (χ1) is 8.72. The second-order valence-electron chi connectivity index (χ2n) is 4.06. The summed E-state index contributed by atoms with van der Waals surface area (Å²) < 4.78 is 3.00. The second-order valence-corrected chi connectivity index (χ2v) is 6.61. The molecule has 5 heteroatoms. The highest BCUT2D eigenvalue weighted by Gasteiger charge is 2.13. The van der Waals surface area contributed by atoms with E-state index in [0.29, 0.717) is 12.1 Å². The van der Waals surface area contributed by atoms with Gasteiger partial charge in [-0.25, -0.2) is 4.98 Å². The van der Waals surface area contributed by atoms with Crippen LogP contribution in [0, 0.1) is 0 Å². The highest BCUT2D eigenvalue weighted by atomic mass is 79.9. The van der Waals surface area contributed by atoms with Crippen LogP contribution in [-0.4, -0.2) is 14.5 Å². The van der Waals surface area contributed by atoms with Crippen molar-refractivity contribution in [3.8, 4) is 0 Å². The number of nitrogens with zero attached hydrogens (tertiary/aromatic N) is 2. The van der Waals surface area contributed by atoms with Crippen LogP contribution >= 0.6 is 27.3 Å². The van der Waals surface area contributed by atoms with Gasteiger partial charge in [0, 0.05) is 23.7 Å². The summed E-state index contributed by atoms with van der Waals surface area (Å²) >= 11 is 5.06. The van der Waals surface area contributed by atoms with Gasteiger partial charge in [0.2, 0.25) is 0 Å². The van der Waals surface area contributed by atoms with Crippen LogP contribution in [0.2, 0.25) is 0 Å². The molecule has 3 rings (SSSR count). The van der Waals surface area contributed by atoms with Crippen LogP contribution in [0.15, 0.2) is 46.5 Å². The molecule has 0 aromatic carbocycles. The smallest absolute Gasteiger partial charge is 0.137 e. The third-order valence-corrected chi connectivity index (χ3v) is 4.39. The standard InChI is InChI=1S/C13H11BrN2OS/c14-12-5-4-9(18-12)7-11(17)10-8-16-6-2-1-3-13(16)15-10/h1-6,8,11,17H,7H2. The number of thiophene rings is 1. The topological polar surface area (TPSA) is 37.5 Å². The molecule has 3 heterocycles. The molecular weight excluding hydrogens is 312 g/mol. The summed E-state index contributed by atoms with van der Waals surface area (Å²) in [6.07, 6.45) is 3.85. The molecule has 0 bridgehead atoms. The van der Waals surface area contributed by atoms with Crippen molar-refractivity contribution >= 4 is 32.9 Å². The van der Waals surface area contributed by atoms with Gasteiger partial charge in [-0.05, 0) is 40.2 Å². The Labute approximate surface area is 117 Å². The van der Waals surface area contributed by atoms with E-state index in [2.05, 4.69) is 20.9 Å². The fraction of sp³-hybridized carbons (Fsp3) is 0.154. The van der Waals surface area contributed by atoms with Gasteiger partial charge in [-0.3, -0.25) is 0 Å². The van der Waals surface area contributed by atoms with E-state index < -0.39 is 6.10 Å². The lowest BCUT2D eigenvalue weighted by Crippen LogP contribution is -2.00. The number of aromatic nitrogens is 2. The summed E-state index contributed by atoms with van der Waals surface area (Å²) in [6.45, 7) is 0. The average Bonchev–Trinajstić information content (AvgIpc) is 2.95. The van der Waals surface area contributed by atoms with E-state index >= 15 is 0 Å². The Morgan fingerprint density at radius 2 is 2.22 bits per heavy atom. The molecule has 1 N–H and O–H groups in total. The minimum Gasteiger partial charge on any atom is -0.386 e. The highest BCUT2D eigenvalue weighted by Crippen LogP contribution is 2.26. The van der Waals surface area contributed by atoms with Crippen LogP contribution in [-0.2, 0) is 6.42 Å². The Balaban J connectivity index is 1.85. The third-order valence-electron chi connectivity index (χ3n) is 2.75. The van der Waals surface area contributed by atoms with Crippen LogP contribution in [0.1, 0.15) is 16.7 Å². The number of pyridine rings is 1. The molecule has 3 nitrogen and oxygen atoms in total. The van der Waals surface area contributed by atoms with Crippen LogP contribution < -0.4 is 0 Å². The van der Waals surface area contributed by atoms with Gasteiger partial charge in [-0.1, -0.05) is 6.07 Å². The largest absolute Gasteiger partial charge is 0.386 e. The molecule has 0 spiro atoms. The van der Waals surface area contributed by atoms with Crippen molar-refractivity contribution in [3.63, 3.8) is 0 Å². The Kier molecular flexibility index (Phi) is 3.20. The molecule has 0 aliphatic rings. The SMILES string of the molecule is OC(Cc1ccc(Br)s1)c1cn2ccccc2n1. The fourth-order valence-electron chi connectivity index (χ4n) is 1.87. The summed E-state index contributed by atoms with van der Waals surface area (Å²) in [7, 11) is 0. The van der Waals surface area contributed by atoms with E-state index in [0.717, 1.165) is 14.3 Å². The number of aliphatic hydroxyl groups is 1. The summed E-state index contributed by atoms with van der Waals surface area (Å²) in [6, 6.07) is 9.83. The second kappa shape index (κ2) is 4.84. The van der Waals surface area contributed by atoms with Crippen molar-refractivity contribution in [1.29, 1.82) is 0 Å². The minimum atomic E-state index is -0.560. The summed E-state index contributed by atoms with van der Waals surface area (Å²) in [5.41, 5.74) is 1.57. The van der Waals surface area contributed by atoms with Crippen molar-refractivity contribution in [1.82, 2.24) is 9.38 Å². The molecule has 0 aliphatic carbocycles. The van der Waals surface area contributed by atoms with E-state index in [4.69, 9.17) is 0 Å². The maximum atomic E-state index is 10.2. The quantitative estimate of drug-likeness (QED) is 0.802. The van der Waals surface area contributed by atoms with E-state index in [1.165, 1.54) is 0 Å². The van der Waals surface area contributed by atoms with Crippen molar-refractivity contribution in [3.05, 3.63) is 57.1 Å². The number of rotatable bonds is 3. The lowest BCUT2D eigenvalue weighted by Gasteiger charge is -2.04. The maximum Gasteiger partial charge on any atom is 0.137 e.